The van der Waals surface area contributed by atoms with Crippen LogP contribution in [0.25, 0.3) is 0 Å². The second-order valence-corrected chi connectivity index (χ2v) is 5.41. The van der Waals surface area contributed by atoms with Crippen molar-refractivity contribution in [3.8, 4) is 11.5 Å². The van der Waals surface area contributed by atoms with Gasteiger partial charge in [-0.3, -0.25) is 4.79 Å². The SMILES string of the molecule is CCC1CN(C)CCCN1C(=O)c1cc(O)cc(O)c1. The fourth-order valence-corrected chi connectivity index (χ4v) is 2.74. The molecule has 0 aliphatic carbocycles. The van der Waals surface area contributed by atoms with Gasteiger partial charge in [0.2, 0.25) is 0 Å². The summed E-state index contributed by atoms with van der Waals surface area (Å²) < 4.78 is 0. The summed E-state index contributed by atoms with van der Waals surface area (Å²) in [7, 11) is 2.07. The summed E-state index contributed by atoms with van der Waals surface area (Å²) in [6.45, 7) is 4.61. The van der Waals surface area contributed by atoms with Crippen LogP contribution in [0.1, 0.15) is 30.1 Å². The maximum Gasteiger partial charge on any atom is 0.254 e. The van der Waals surface area contributed by atoms with Crippen LogP contribution in [0.3, 0.4) is 0 Å². The maximum absolute atomic E-state index is 12.6. The molecular formula is C15H22N2O3. The fraction of sp³-hybridized carbons (Fsp3) is 0.533. The Morgan fingerprint density at radius 3 is 2.50 bits per heavy atom. The first-order chi connectivity index (χ1) is 9.51. The zero-order valence-corrected chi connectivity index (χ0v) is 12.0. The molecule has 0 radical (unpaired) electrons. The van der Waals surface area contributed by atoms with Crippen LogP contribution in [0.2, 0.25) is 0 Å². The zero-order chi connectivity index (χ0) is 14.7. The molecule has 20 heavy (non-hydrogen) atoms. The fourth-order valence-electron chi connectivity index (χ4n) is 2.74. The summed E-state index contributed by atoms with van der Waals surface area (Å²) in [5.74, 6) is -0.306. The molecule has 5 nitrogen and oxygen atoms in total. The van der Waals surface area contributed by atoms with Crippen LogP contribution in [-0.4, -0.2) is 58.6 Å². The predicted molar refractivity (Wildman–Crippen MR) is 77.0 cm³/mol. The lowest BCUT2D eigenvalue weighted by atomic mass is 10.1. The molecule has 1 fully saturated rings. The van der Waals surface area contributed by atoms with Crippen LogP contribution in [0, 0.1) is 0 Å². The number of phenols is 2. The number of nitrogens with zero attached hydrogens (tertiary/aromatic N) is 2. The van der Waals surface area contributed by atoms with Crippen molar-refractivity contribution in [1.29, 1.82) is 0 Å². The van der Waals surface area contributed by atoms with Crippen molar-refractivity contribution in [3.05, 3.63) is 23.8 Å². The highest BCUT2D eigenvalue weighted by molar-refractivity contribution is 5.95. The summed E-state index contributed by atoms with van der Waals surface area (Å²) >= 11 is 0. The first kappa shape index (κ1) is 14.7. The van der Waals surface area contributed by atoms with Gasteiger partial charge in [0.25, 0.3) is 5.91 Å². The van der Waals surface area contributed by atoms with Crippen LogP contribution >= 0.6 is 0 Å². The van der Waals surface area contributed by atoms with E-state index in [-0.39, 0.29) is 23.4 Å². The lowest BCUT2D eigenvalue weighted by Gasteiger charge is -2.30. The molecular weight excluding hydrogens is 256 g/mol. The Bertz CT molecular complexity index is 470. The van der Waals surface area contributed by atoms with Gasteiger partial charge in [0, 0.05) is 30.8 Å². The molecule has 1 aromatic carbocycles. The molecule has 5 heteroatoms. The Morgan fingerprint density at radius 2 is 1.90 bits per heavy atom. The largest absolute Gasteiger partial charge is 0.508 e. The van der Waals surface area contributed by atoms with Crippen molar-refractivity contribution in [2.24, 2.45) is 0 Å². The lowest BCUT2D eigenvalue weighted by Crippen LogP contribution is -2.43. The summed E-state index contributed by atoms with van der Waals surface area (Å²) in [6.07, 6.45) is 1.82. The van der Waals surface area contributed by atoms with E-state index >= 15 is 0 Å². The summed E-state index contributed by atoms with van der Waals surface area (Å²) in [5.41, 5.74) is 0.338. The Hall–Kier alpha value is -1.75. The Morgan fingerprint density at radius 1 is 1.25 bits per heavy atom. The van der Waals surface area contributed by atoms with E-state index in [9.17, 15) is 15.0 Å². The monoisotopic (exact) mass is 278 g/mol. The molecule has 1 aromatic rings. The van der Waals surface area contributed by atoms with Gasteiger partial charge in [0.05, 0.1) is 0 Å². The molecule has 0 saturated carbocycles. The number of aromatic hydroxyl groups is 2. The number of benzene rings is 1. The topological polar surface area (TPSA) is 64.0 Å². The lowest BCUT2D eigenvalue weighted by molar-refractivity contribution is 0.0675. The number of hydrogen-bond acceptors (Lipinski definition) is 4. The van der Waals surface area contributed by atoms with Crippen LogP contribution in [0.15, 0.2) is 18.2 Å². The number of rotatable bonds is 2. The van der Waals surface area contributed by atoms with E-state index in [1.807, 2.05) is 4.90 Å². The molecule has 0 spiro atoms. The molecule has 1 aliphatic rings. The molecule has 1 saturated heterocycles. The Kier molecular flexibility index (Phi) is 4.49. The minimum atomic E-state index is -0.127. The molecule has 0 bridgehead atoms. The van der Waals surface area contributed by atoms with Gasteiger partial charge in [-0.15, -0.1) is 0 Å². The number of hydrogen-bond donors (Lipinski definition) is 2. The van der Waals surface area contributed by atoms with Gasteiger partial charge < -0.3 is 20.0 Å². The Labute approximate surface area is 119 Å². The van der Waals surface area contributed by atoms with E-state index in [1.165, 1.54) is 18.2 Å². The van der Waals surface area contributed by atoms with Crippen molar-refractivity contribution in [1.82, 2.24) is 9.80 Å². The highest BCUT2D eigenvalue weighted by atomic mass is 16.3. The van der Waals surface area contributed by atoms with Crippen molar-refractivity contribution in [2.45, 2.75) is 25.8 Å². The quantitative estimate of drug-likeness (QED) is 0.863. The minimum Gasteiger partial charge on any atom is -0.508 e. The summed E-state index contributed by atoms with van der Waals surface area (Å²) in [5, 5.41) is 19.0. The van der Waals surface area contributed by atoms with Gasteiger partial charge in [0.1, 0.15) is 11.5 Å². The van der Waals surface area contributed by atoms with Crippen LogP contribution in [-0.2, 0) is 0 Å². The van der Waals surface area contributed by atoms with Crippen molar-refractivity contribution >= 4 is 5.91 Å². The molecule has 2 rings (SSSR count). The maximum atomic E-state index is 12.6. The van der Waals surface area contributed by atoms with Gasteiger partial charge in [-0.05, 0) is 38.6 Å². The summed E-state index contributed by atoms with van der Waals surface area (Å²) in [4.78, 5) is 16.7. The molecule has 1 unspecified atom stereocenters. The zero-order valence-electron chi connectivity index (χ0n) is 12.0. The van der Waals surface area contributed by atoms with Crippen molar-refractivity contribution in [2.75, 3.05) is 26.7 Å². The van der Waals surface area contributed by atoms with Crippen molar-refractivity contribution in [3.63, 3.8) is 0 Å². The first-order valence-electron chi connectivity index (χ1n) is 7.03. The van der Waals surface area contributed by atoms with Gasteiger partial charge in [-0.2, -0.15) is 0 Å². The molecule has 1 aliphatic heterocycles. The third kappa shape index (κ3) is 3.22. The van der Waals surface area contributed by atoms with Crippen LogP contribution in [0.4, 0.5) is 0 Å². The van der Waals surface area contributed by atoms with Gasteiger partial charge in [0.15, 0.2) is 0 Å². The van der Waals surface area contributed by atoms with Gasteiger partial charge >= 0.3 is 0 Å². The highest BCUT2D eigenvalue weighted by Crippen LogP contribution is 2.23. The third-order valence-corrected chi connectivity index (χ3v) is 3.78. The molecule has 0 aromatic heterocycles. The standard InChI is InChI=1S/C15H22N2O3/c1-3-12-10-16(2)5-4-6-17(12)15(20)11-7-13(18)9-14(19)8-11/h7-9,12,18-19H,3-6,10H2,1-2H3. The van der Waals surface area contributed by atoms with Crippen LogP contribution < -0.4 is 0 Å². The second-order valence-electron chi connectivity index (χ2n) is 5.41. The third-order valence-electron chi connectivity index (χ3n) is 3.78. The molecule has 110 valence electrons. The minimum absolute atomic E-state index is 0.0895. The van der Waals surface area contributed by atoms with E-state index in [2.05, 4.69) is 18.9 Å². The van der Waals surface area contributed by atoms with E-state index in [4.69, 9.17) is 0 Å². The number of amides is 1. The molecule has 1 atom stereocenters. The normalized spacial score (nSPS) is 20.7. The van der Waals surface area contributed by atoms with E-state index < -0.39 is 0 Å². The van der Waals surface area contributed by atoms with E-state index in [0.717, 1.165) is 25.9 Å². The van der Waals surface area contributed by atoms with Gasteiger partial charge in [-0.25, -0.2) is 0 Å². The van der Waals surface area contributed by atoms with E-state index in [1.54, 1.807) is 0 Å². The highest BCUT2D eigenvalue weighted by Gasteiger charge is 2.27. The average molecular weight is 278 g/mol. The Balaban J connectivity index is 2.25. The number of likely N-dealkylation sites (N-methyl/N-ethyl adjacent to an activating group) is 1. The molecule has 2 N–H and O–H groups in total. The smallest absolute Gasteiger partial charge is 0.254 e. The molecule has 1 amide bonds. The predicted octanol–water partition coefficient (Wildman–Crippen LogP) is 1.65. The number of phenolic OH excluding ortho intramolecular Hbond substituents is 2. The van der Waals surface area contributed by atoms with Gasteiger partial charge in [-0.1, -0.05) is 6.92 Å². The second kappa shape index (κ2) is 6.13. The van der Waals surface area contributed by atoms with E-state index in [0.29, 0.717) is 12.1 Å². The first-order valence-corrected chi connectivity index (χ1v) is 7.03. The number of carbonyl (C=O) groups excluding carboxylic acids is 1. The number of carbonyl (C=O) groups is 1. The van der Waals surface area contributed by atoms with Crippen molar-refractivity contribution < 1.29 is 15.0 Å². The molecule has 1 heterocycles. The average Bonchev–Trinajstić information content (AvgIpc) is 2.58. The van der Waals surface area contributed by atoms with Crippen LogP contribution in [0.5, 0.6) is 11.5 Å². The summed E-state index contributed by atoms with van der Waals surface area (Å²) in [6, 6.07) is 4.20.